The third-order valence-corrected chi connectivity index (χ3v) is 2.81. The minimum Gasteiger partial charge on any atom is -0.353 e. The summed E-state index contributed by atoms with van der Waals surface area (Å²) in [5.41, 5.74) is 12.6. The second-order valence-electron chi connectivity index (χ2n) is 3.98. The van der Waals surface area contributed by atoms with Crippen LogP contribution in [-0.4, -0.2) is 30.3 Å². The molecule has 0 saturated heterocycles. The molecule has 0 bridgehead atoms. The highest BCUT2D eigenvalue weighted by molar-refractivity contribution is 7.80. The summed E-state index contributed by atoms with van der Waals surface area (Å²) in [6.07, 6.45) is 0.733. The molecule has 0 aromatic heterocycles. The summed E-state index contributed by atoms with van der Waals surface area (Å²) in [7, 11) is 0. The number of hydrogen-bond acceptors (Lipinski definition) is 4. The van der Waals surface area contributed by atoms with E-state index in [1.54, 1.807) is 0 Å². The molecular weight excluding hydrogens is 234 g/mol. The van der Waals surface area contributed by atoms with E-state index in [1.807, 2.05) is 30.3 Å². The molecule has 1 aromatic carbocycles. The average Bonchev–Trinajstić information content (AvgIpc) is 2.36. The maximum atomic E-state index is 11.4. The van der Waals surface area contributed by atoms with Gasteiger partial charge in [-0.15, -0.1) is 0 Å². The van der Waals surface area contributed by atoms with Crippen LogP contribution in [0.3, 0.4) is 0 Å². The zero-order chi connectivity index (χ0) is 12.7. The molecule has 0 radical (unpaired) electrons. The van der Waals surface area contributed by atoms with E-state index in [4.69, 9.17) is 11.5 Å². The first-order chi connectivity index (χ1) is 8.13. The van der Waals surface area contributed by atoms with E-state index in [9.17, 15) is 4.79 Å². The lowest BCUT2D eigenvalue weighted by Crippen LogP contribution is -2.46. The van der Waals surface area contributed by atoms with Crippen molar-refractivity contribution in [2.75, 3.05) is 12.3 Å². The number of rotatable bonds is 6. The first kappa shape index (κ1) is 14.0. The highest BCUT2D eigenvalue weighted by Crippen LogP contribution is 2.01. The summed E-state index contributed by atoms with van der Waals surface area (Å²) >= 11 is 3.96. The molecule has 0 fully saturated rings. The van der Waals surface area contributed by atoms with Gasteiger partial charge in [0.15, 0.2) is 0 Å². The lowest BCUT2D eigenvalue weighted by molar-refractivity contribution is -0.121. The van der Waals surface area contributed by atoms with Gasteiger partial charge in [-0.25, -0.2) is 0 Å². The number of carbonyl (C=O) groups excluding carboxylic acids is 1. The van der Waals surface area contributed by atoms with Gasteiger partial charge in [-0.2, -0.15) is 12.6 Å². The van der Waals surface area contributed by atoms with Crippen molar-refractivity contribution in [2.45, 2.75) is 18.5 Å². The SMILES string of the molecule is N[C@@H](CNC(=O)[C@@H](N)CS)Cc1ccccc1. The van der Waals surface area contributed by atoms with Gasteiger partial charge in [0.25, 0.3) is 0 Å². The van der Waals surface area contributed by atoms with Crippen molar-refractivity contribution in [1.29, 1.82) is 0 Å². The number of hydrogen-bond donors (Lipinski definition) is 4. The molecule has 1 rings (SSSR count). The molecule has 0 unspecified atom stereocenters. The standard InChI is InChI=1S/C12H19N3OS/c13-10(6-9-4-2-1-3-5-9)7-15-12(16)11(14)8-17/h1-5,10-11,17H,6-8,13-14H2,(H,15,16)/t10-,11+/m1/s1. The van der Waals surface area contributed by atoms with Crippen molar-refractivity contribution in [3.8, 4) is 0 Å². The molecule has 0 aliphatic carbocycles. The fourth-order valence-corrected chi connectivity index (χ4v) is 1.60. The Bertz CT molecular complexity index is 345. The number of amides is 1. The van der Waals surface area contributed by atoms with E-state index < -0.39 is 6.04 Å². The molecule has 0 heterocycles. The highest BCUT2D eigenvalue weighted by atomic mass is 32.1. The van der Waals surface area contributed by atoms with Crippen LogP contribution in [-0.2, 0) is 11.2 Å². The van der Waals surface area contributed by atoms with Crippen LogP contribution < -0.4 is 16.8 Å². The molecule has 0 aliphatic heterocycles. The zero-order valence-corrected chi connectivity index (χ0v) is 10.6. The molecule has 0 saturated carbocycles. The first-order valence-electron chi connectivity index (χ1n) is 5.57. The maximum absolute atomic E-state index is 11.4. The van der Waals surface area contributed by atoms with Gasteiger partial charge in [0.2, 0.25) is 5.91 Å². The van der Waals surface area contributed by atoms with Gasteiger partial charge in [0, 0.05) is 18.3 Å². The Hall–Kier alpha value is -1.04. The molecule has 1 aromatic rings. The van der Waals surface area contributed by atoms with Crippen molar-refractivity contribution >= 4 is 18.5 Å². The molecule has 0 aliphatic rings. The Labute approximate surface area is 107 Å². The van der Waals surface area contributed by atoms with Crippen molar-refractivity contribution in [3.05, 3.63) is 35.9 Å². The van der Waals surface area contributed by atoms with E-state index in [1.165, 1.54) is 0 Å². The molecule has 94 valence electrons. The molecule has 4 nitrogen and oxygen atoms in total. The smallest absolute Gasteiger partial charge is 0.237 e. The minimum absolute atomic E-state index is 0.103. The van der Waals surface area contributed by atoms with Gasteiger partial charge >= 0.3 is 0 Å². The van der Waals surface area contributed by atoms with E-state index in [0.29, 0.717) is 12.3 Å². The van der Waals surface area contributed by atoms with Crippen molar-refractivity contribution in [1.82, 2.24) is 5.32 Å². The van der Waals surface area contributed by atoms with Gasteiger partial charge < -0.3 is 16.8 Å². The van der Waals surface area contributed by atoms with Gasteiger partial charge in [0.1, 0.15) is 0 Å². The molecule has 2 atom stereocenters. The monoisotopic (exact) mass is 253 g/mol. The summed E-state index contributed by atoms with van der Waals surface area (Å²) in [5.74, 6) is 0.128. The van der Waals surface area contributed by atoms with Crippen LogP contribution in [0.5, 0.6) is 0 Å². The lowest BCUT2D eigenvalue weighted by Gasteiger charge is -2.14. The summed E-state index contributed by atoms with van der Waals surface area (Å²) in [4.78, 5) is 11.4. The molecule has 5 N–H and O–H groups in total. The van der Waals surface area contributed by atoms with Crippen LogP contribution in [0, 0.1) is 0 Å². The fraction of sp³-hybridized carbons (Fsp3) is 0.417. The van der Waals surface area contributed by atoms with Crippen LogP contribution in [0.2, 0.25) is 0 Å². The van der Waals surface area contributed by atoms with Gasteiger partial charge in [-0.1, -0.05) is 30.3 Å². The largest absolute Gasteiger partial charge is 0.353 e. The lowest BCUT2D eigenvalue weighted by atomic mass is 10.1. The van der Waals surface area contributed by atoms with Gasteiger partial charge in [0.05, 0.1) is 6.04 Å². The molecule has 1 amide bonds. The van der Waals surface area contributed by atoms with Crippen LogP contribution in [0.4, 0.5) is 0 Å². The first-order valence-corrected chi connectivity index (χ1v) is 6.20. The fourth-order valence-electron chi connectivity index (χ4n) is 1.43. The van der Waals surface area contributed by atoms with E-state index in [0.717, 1.165) is 12.0 Å². The maximum Gasteiger partial charge on any atom is 0.237 e. The number of carbonyl (C=O) groups is 1. The number of benzene rings is 1. The van der Waals surface area contributed by atoms with Gasteiger partial charge in [-0.3, -0.25) is 4.79 Å². The van der Waals surface area contributed by atoms with E-state index in [2.05, 4.69) is 17.9 Å². The Morgan fingerprint density at radius 3 is 2.53 bits per heavy atom. The number of nitrogens with two attached hydrogens (primary N) is 2. The van der Waals surface area contributed by atoms with E-state index in [-0.39, 0.29) is 11.9 Å². The van der Waals surface area contributed by atoms with Crippen molar-refractivity contribution in [3.63, 3.8) is 0 Å². The summed E-state index contributed by atoms with van der Waals surface area (Å²) in [6.45, 7) is 0.426. The predicted octanol–water partition coefficient (Wildman–Crippen LogP) is -0.0703. The van der Waals surface area contributed by atoms with Crippen LogP contribution >= 0.6 is 12.6 Å². The number of thiol groups is 1. The average molecular weight is 253 g/mol. The van der Waals surface area contributed by atoms with Crippen LogP contribution in [0.1, 0.15) is 5.56 Å². The summed E-state index contributed by atoms with van der Waals surface area (Å²) in [6, 6.07) is 9.26. The molecular formula is C12H19N3OS. The molecule has 0 spiro atoms. The highest BCUT2D eigenvalue weighted by Gasteiger charge is 2.12. The molecule has 17 heavy (non-hydrogen) atoms. The van der Waals surface area contributed by atoms with Crippen LogP contribution in [0.25, 0.3) is 0 Å². The third-order valence-electron chi connectivity index (χ3n) is 2.41. The van der Waals surface area contributed by atoms with Crippen molar-refractivity contribution < 1.29 is 4.79 Å². The molecule has 5 heteroatoms. The second kappa shape index (κ2) is 7.32. The topological polar surface area (TPSA) is 81.1 Å². The zero-order valence-electron chi connectivity index (χ0n) is 9.67. The van der Waals surface area contributed by atoms with E-state index >= 15 is 0 Å². The normalized spacial score (nSPS) is 14.1. The quantitative estimate of drug-likeness (QED) is 0.536. The predicted molar refractivity (Wildman–Crippen MR) is 73.0 cm³/mol. The van der Waals surface area contributed by atoms with Gasteiger partial charge in [-0.05, 0) is 12.0 Å². The Balaban J connectivity index is 2.31. The van der Waals surface area contributed by atoms with Crippen LogP contribution in [0.15, 0.2) is 30.3 Å². The Kier molecular flexibility index (Phi) is 6.04. The second-order valence-corrected chi connectivity index (χ2v) is 4.35. The Morgan fingerprint density at radius 2 is 1.94 bits per heavy atom. The number of nitrogens with one attached hydrogen (secondary N) is 1. The van der Waals surface area contributed by atoms with Crippen molar-refractivity contribution in [2.24, 2.45) is 11.5 Å². The summed E-state index contributed by atoms with van der Waals surface area (Å²) < 4.78 is 0. The summed E-state index contributed by atoms with van der Waals surface area (Å²) in [5, 5.41) is 2.72. The minimum atomic E-state index is -0.567. The third kappa shape index (κ3) is 5.21. The Morgan fingerprint density at radius 1 is 1.29 bits per heavy atom.